The number of methoxy groups -OCH3 is 3. The van der Waals surface area contributed by atoms with Gasteiger partial charge in [-0.05, 0) is 42.8 Å². The van der Waals surface area contributed by atoms with Crippen LogP contribution in [0.3, 0.4) is 0 Å². The van der Waals surface area contributed by atoms with Crippen molar-refractivity contribution in [2.75, 3.05) is 37.3 Å². The number of nitrogens with one attached hydrogen (secondary N) is 3. The topological polar surface area (TPSA) is 116 Å². The van der Waals surface area contributed by atoms with Gasteiger partial charge in [0.05, 0.1) is 55.8 Å². The maximum Gasteiger partial charge on any atom is 0.323 e. The number of hydrogen-bond donors (Lipinski definition) is 3. The smallest absolute Gasteiger partial charge is 0.323 e. The van der Waals surface area contributed by atoms with Gasteiger partial charge in [0, 0.05) is 23.4 Å². The van der Waals surface area contributed by atoms with Gasteiger partial charge in [0.1, 0.15) is 0 Å². The number of carbonyl (C=O) groups is 2. The average Bonchev–Trinajstić information content (AvgIpc) is 3.38. The van der Waals surface area contributed by atoms with Crippen molar-refractivity contribution in [1.82, 2.24) is 9.78 Å². The van der Waals surface area contributed by atoms with Crippen molar-refractivity contribution in [2.24, 2.45) is 0 Å². The van der Waals surface area contributed by atoms with Crippen LogP contribution in [0, 0.1) is 6.92 Å². The molecular formula is C27H26ClN5O5. The number of hydrogen-bond acceptors (Lipinski definition) is 6. The van der Waals surface area contributed by atoms with E-state index in [0.29, 0.717) is 50.6 Å². The summed E-state index contributed by atoms with van der Waals surface area (Å²) in [6.45, 7) is 1.91. The van der Waals surface area contributed by atoms with Crippen LogP contribution in [0.2, 0.25) is 5.02 Å². The van der Waals surface area contributed by atoms with Crippen molar-refractivity contribution in [3.05, 3.63) is 83.1 Å². The van der Waals surface area contributed by atoms with E-state index in [1.807, 2.05) is 13.0 Å². The molecule has 0 aliphatic heterocycles. The summed E-state index contributed by atoms with van der Waals surface area (Å²) in [5, 5.41) is 13.0. The van der Waals surface area contributed by atoms with Crippen molar-refractivity contribution >= 4 is 40.6 Å². The van der Waals surface area contributed by atoms with Crippen LogP contribution >= 0.6 is 11.6 Å². The summed E-state index contributed by atoms with van der Waals surface area (Å²) in [7, 11) is 4.51. The molecule has 0 saturated carbocycles. The Balaban J connectivity index is 1.47. The summed E-state index contributed by atoms with van der Waals surface area (Å²) in [4.78, 5) is 25.4. The molecule has 196 valence electrons. The number of aromatic nitrogens is 2. The first kappa shape index (κ1) is 26.4. The third-order valence-electron chi connectivity index (χ3n) is 5.51. The summed E-state index contributed by atoms with van der Waals surface area (Å²) in [5.74, 6) is 0.914. The fourth-order valence-corrected chi connectivity index (χ4v) is 3.86. The fraction of sp³-hybridized carbons (Fsp3) is 0.148. The third-order valence-corrected chi connectivity index (χ3v) is 5.84. The number of aryl methyl sites for hydroxylation is 1. The molecule has 0 radical (unpaired) electrons. The van der Waals surface area contributed by atoms with E-state index in [1.165, 1.54) is 27.5 Å². The molecule has 11 heteroatoms. The van der Waals surface area contributed by atoms with Gasteiger partial charge in [0.2, 0.25) is 5.75 Å². The number of rotatable bonds is 8. The van der Waals surface area contributed by atoms with Crippen molar-refractivity contribution < 1.29 is 23.8 Å². The molecule has 0 unspecified atom stereocenters. The number of halogens is 1. The van der Waals surface area contributed by atoms with Crippen LogP contribution in [0.25, 0.3) is 5.69 Å². The zero-order chi connectivity index (χ0) is 27.2. The lowest BCUT2D eigenvalue weighted by Gasteiger charge is -2.14. The quantitative estimate of drug-likeness (QED) is 0.264. The number of nitrogens with zero attached hydrogens (tertiary/aromatic N) is 2. The second kappa shape index (κ2) is 11.6. The van der Waals surface area contributed by atoms with Crippen LogP contribution in [0.15, 0.2) is 67.0 Å². The van der Waals surface area contributed by atoms with Gasteiger partial charge in [-0.15, -0.1) is 0 Å². The highest BCUT2D eigenvalue weighted by molar-refractivity contribution is 6.33. The summed E-state index contributed by atoms with van der Waals surface area (Å²) in [6, 6.07) is 15.1. The molecule has 3 amide bonds. The highest BCUT2D eigenvalue weighted by Crippen LogP contribution is 2.40. The van der Waals surface area contributed by atoms with Gasteiger partial charge < -0.3 is 30.2 Å². The van der Waals surface area contributed by atoms with E-state index in [9.17, 15) is 9.59 Å². The minimum Gasteiger partial charge on any atom is -0.493 e. The Kier molecular flexibility index (Phi) is 8.03. The van der Waals surface area contributed by atoms with E-state index in [-0.39, 0.29) is 5.91 Å². The van der Waals surface area contributed by atoms with E-state index in [0.717, 1.165) is 5.56 Å². The van der Waals surface area contributed by atoms with Crippen LogP contribution in [0.4, 0.5) is 21.9 Å². The largest absolute Gasteiger partial charge is 0.493 e. The highest BCUT2D eigenvalue weighted by atomic mass is 35.5. The van der Waals surface area contributed by atoms with Gasteiger partial charge >= 0.3 is 6.03 Å². The van der Waals surface area contributed by atoms with Gasteiger partial charge in [0.15, 0.2) is 11.5 Å². The highest BCUT2D eigenvalue weighted by Gasteiger charge is 2.16. The van der Waals surface area contributed by atoms with Crippen molar-refractivity contribution in [3.8, 4) is 22.9 Å². The molecule has 0 spiro atoms. The van der Waals surface area contributed by atoms with Crippen LogP contribution in [-0.2, 0) is 0 Å². The number of ether oxygens (including phenoxy) is 3. The Labute approximate surface area is 224 Å². The first-order chi connectivity index (χ1) is 18.3. The van der Waals surface area contributed by atoms with Crippen LogP contribution in [0.5, 0.6) is 17.2 Å². The zero-order valence-corrected chi connectivity index (χ0v) is 21.9. The predicted octanol–water partition coefficient (Wildman–Crippen LogP) is 5.76. The molecule has 0 fully saturated rings. The van der Waals surface area contributed by atoms with Gasteiger partial charge in [-0.3, -0.25) is 4.79 Å². The molecule has 0 atom stereocenters. The van der Waals surface area contributed by atoms with Crippen LogP contribution in [-0.4, -0.2) is 43.0 Å². The van der Waals surface area contributed by atoms with Crippen LogP contribution in [0.1, 0.15) is 15.9 Å². The molecule has 0 aliphatic rings. The monoisotopic (exact) mass is 535 g/mol. The SMILES string of the molecule is COc1cc(NC(=O)c2cccc(-n3cc(NC(=O)Nc4cc(C)ccc4Cl)cn3)c2)cc(OC)c1OC. The van der Waals surface area contributed by atoms with E-state index in [1.54, 1.807) is 59.4 Å². The lowest BCUT2D eigenvalue weighted by atomic mass is 10.1. The Hall–Kier alpha value is -4.70. The number of amides is 3. The summed E-state index contributed by atoms with van der Waals surface area (Å²) in [5.41, 5.74) is 3.42. The first-order valence-electron chi connectivity index (χ1n) is 11.4. The second-order valence-corrected chi connectivity index (χ2v) is 8.56. The minimum atomic E-state index is -0.462. The Bertz CT molecular complexity index is 1460. The summed E-state index contributed by atoms with van der Waals surface area (Å²) in [6.07, 6.45) is 3.13. The second-order valence-electron chi connectivity index (χ2n) is 8.15. The predicted molar refractivity (Wildman–Crippen MR) is 146 cm³/mol. The van der Waals surface area contributed by atoms with Gasteiger partial charge in [-0.2, -0.15) is 5.10 Å². The first-order valence-corrected chi connectivity index (χ1v) is 11.8. The Morgan fingerprint density at radius 1 is 0.868 bits per heavy atom. The Morgan fingerprint density at radius 2 is 1.61 bits per heavy atom. The van der Waals surface area contributed by atoms with Gasteiger partial charge in [0.25, 0.3) is 5.91 Å². The van der Waals surface area contributed by atoms with E-state index >= 15 is 0 Å². The van der Waals surface area contributed by atoms with Crippen molar-refractivity contribution in [3.63, 3.8) is 0 Å². The summed E-state index contributed by atoms with van der Waals surface area (Å²) >= 11 is 6.15. The average molecular weight is 536 g/mol. The van der Waals surface area contributed by atoms with Crippen molar-refractivity contribution in [1.29, 1.82) is 0 Å². The summed E-state index contributed by atoms with van der Waals surface area (Å²) < 4.78 is 17.6. The maximum absolute atomic E-state index is 13.0. The molecule has 4 rings (SSSR count). The van der Waals surface area contributed by atoms with Gasteiger partial charge in [-0.25, -0.2) is 9.48 Å². The molecule has 10 nitrogen and oxygen atoms in total. The number of carbonyl (C=O) groups excluding carboxylic acids is 2. The Morgan fingerprint density at radius 3 is 2.29 bits per heavy atom. The lowest BCUT2D eigenvalue weighted by molar-refractivity contribution is 0.102. The maximum atomic E-state index is 13.0. The van der Waals surface area contributed by atoms with Gasteiger partial charge in [-0.1, -0.05) is 23.7 Å². The zero-order valence-electron chi connectivity index (χ0n) is 21.2. The van der Waals surface area contributed by atoms with E-state index in [4.69, 9.17) is 25.8 Å². The molecule has 38 heavy (non-hydrogen) atoms. The fourth-order valence-electron chi connectivity index (χ4n) is 3.69. The van der Waals surface area contributed by atoms with Crippen LogP contribution < -0.4 is 30.2 Å². The molecular weight excluding hydrogens is 510 g/mol. The van der Waals surface area contributed by atoms with Crippen molar-refractivity contribution in [2.45, 2.75) is 6.92 Å². The molecule has 4 aromatic rings. The third kappa shape index (κ3) is 5.98. The molecule has 0 bridgehead atoms. The molecule has 1 aromatic heterocycles. The molecule has 3 aromatic carbocycles. The molecule has 3 N–H and O–H groups in total. The normalized spacial score (nSPS) is 10.4. The number of urea groups is 1. The lowest BCUT2D eigenvalue weighted by Crippen LogP contribution is -2.19. The number of anilines is 3. The molecule has 0 aliphatic carbocycles. The van der Waals surface area contributed by atoms with E-state index < -0.39 is 6.03 Å². The molecule has 1 heterocycles. The minimum absolute atomic E-state index is 0.346. The standard InChI is InChI=1S/C27H26ClN5O5/c1-16-8-9-21(28)22(10-16)32-27(35)31-19-14-29-33(15-19)20-7-5-6-17(11-20)26(34)30-18-12-23(36-2)25(38-4)24(13-18)37-3/h5-15H,1-4H3,(H,30,34)(H2,31,32,35). The molecule has 0 saturated heterocycles. The number of benzene rings is 3. The van der Waals surface area contributed by atoms with E-state index in [2.05, 4.69) is 21.0 Å².